The maximum atomic E-state index is 14.5. The van der Waals surface area contributed by atoms with Crippen molar-refractivity contribution >= 4 is 0 Å². The fraction of sp³-hybridized carbons (Fsp3) is 0.263. The molecule has 4 nitrogen and oxygen atoms in total. The molecule has 126 valence electrons. The van der Waals surface area contributed by atoms with Crippen molar-refractivity contribution < 1.29 is 8.78 Å². The largest absolute Gasteiger partial charge is 0.234 e. The molecule has 0 saturated heterocycles. The third kappa shape index (κ3) is 2.88. The lowest BCUT2D eigenvalue weighted by Gasteiger charge is -2.08. The van der Waals surface area contributed by atoms with Crippen LogP contribution in [0, 0.1) is 11.6 Å². The molecule has 1 aliphatic rings. The Morgan fingerprint density at radius 2 is 1.64 bits per heavy atom. The SMILES string of the molecule is CCc1c(F)ccc(C2CC2c2cnc(-c3ncccn3)nc2)c1F. The Kier molecular flexibility index (Phi) is 3.95. The zero-order valence-corrected chi connectivity index (χ0v) is 13.7. The molecule has 0 radical (unpaired) electrons. The van der Waals surface area contributed by atoms with Gasteiger partial charge in [0.2, 0.25) is 0 Å². The van der Waals surface area contributed by atoms with Gasteiger partial charge in [-0.05, 0) is 47.9 Å². The highest BCUT2D eigenvalue weighted by Gasteiger charge is 2.42. The number of rotatable bonds is 4. The van der Waals surface area contributed by atoms with Gasteiger partial charge in [0.15, 0.2) is 11.6 Å². The molecule has 2 unspecified atom stereocenters. The van der Waals surface area contributed by atoms with Crippen molar-refractivity contribution in [3.8, 4) is 11.6 Å². The number of nitrogens with zero attached hydrogens (tertiary/aromatic N) is 4. The van der Waals surface area contributed by atoms with Crippen LogP contribution in [0.15, 0.2) is 43.0 Å². The molecular formula is C19H16F2N4. The van der Waals surface area contributed by atoms with Gasteiger partial charge in [0.25, 0.3) is 0 Å². The first kappa shape index (κ1) is 15.7. The van der Waals surface area contributed by atoms with Gasteiger partial charge in [-0.1, -0.05) is 13.0 Å². The van der Waals surface area contributed by atoms with Crippen LogP contribution in [0.25, 0.3) is 11.6 Å². The molecule has 3 aromatic rings. The summed E-state index contributed by atoms with van der Waals surface area (Å²) in [5.74, 6) is 0.256. The highest BCUT2D eigenvalue weighted by atomic mass is 19.1. The first-order valence-electron chi connectivity index (χ1n) is 8.25. The van der Waals surface area contributed by atoms with E-state index < -0.39 is 11.6 Å². The summed E-state index contributed by atoms with van der Waals surface area (Å²) in [4.78, 5) is 16.9. The molecule has 1 aliphatic carbocycles. The number of halogens is 2. The van der Waals surface area contributed by atoms with Gasteiger partial charge in [0, 0.05) is 30.4 Å². The van der Waals surface area contributed by atoms with E-state index in [1.165, 1.54) is 6.07 Å². The molecule has 1 fully saturated rings. The number of hydrogen-bond donors (Lipinski definition) is 0. The lowest BCUT2D eigenvalue weighted by molar-refractivity contribution is 0.548. The number of benzene rings is 1. The normalized spacial score (nSPS) is 19.0. The smallest absolute Gasteiger partial charge is 0.197 e. The summed E-state index contributed by atoms with van der Waals surface area (Å²) in [5.41, 5.74) is 1.70. The maximum Gasteiger partial charge on any atom is 0.197 e. The van der Waals surface area contributed by atoms with Crippen molar-refractivity contribution in [3.05, 3.63) is 71.3 Å². The molecule has 1 aromatic carbocycles. The van der Waals surface area contributed by atoms with Crippen molar-refractivity contribution in [2.75, 3.05) is 0 Å². The standard InChI is InChI=1S/C19H16F2N4/c1-2-12-16(20)5-4-13(17(12)21)15-8-14(15)11-9-24-19(25-10-11)18-22-6-3-7-23-18/h3-7,9-10,14-15H,2,8H2,1H3. The van der Waals surface area contributed by atoms with E-state index in [2.05, 4.69) is 19.9 Å². The van der Waals surface area contributed by atoms with Crippen molar-refractivity contribution in [2.24, 2.45) is 0 Å². The zero-order valence-electron chi connectivity index (χ0n) is 13.7. The highest BCUT2D eigenvalue weighted by molar-refractivity contribution is 5.43. The minimum Gasteiger partial charge on any atom is -0.234 e. The molecule has 0 spiro atoms. The average Bonchev–Trinajstić information content (AvgIpc) is 3.44. The summed E-state index contributed by atoms with van der Waals surface area (Å²) in [6.07, 6.45) is 7.92. The van der Waals surface area contributed by atoms with E-state index in [4.69, 9.17) is 0 Å². The van der Waals surface area contributed by atoms with Crippen LogP contribution in [-0.2, 0) is 6.42 Å². The fourth-order valence-corrected chi connectivity index (χ4v) is 3.19. The molecule has 25 heavy (non-hydrogen) atoms. The second-order valence-corrected chi connectivity index (χ2v) is 6.14. The monoisotopic (exact) mass is 338 g/mol. The molecule has 2 aromatic heterocycles. The van der Waals surface area contributed by atoms with Crippen LogP contribution >= 0.6 is 0 Å². The molecule has 2 atom stereocenters. The summed E-state index contributed by atoms with van der Waals surface area (Å²) in [6, 6.07) is 4.65. The quantitative estimate of drug-likeness (QED) is 0.720. The molecular weight excluding hydrogens is 322 g/mol. The fourth-order valence-electron chi connectivity index (χ4n) is 3.19. The number of aromatic nitrogens is 4. The van der Waals surface area contributed by atoms with Gasteiger partial charge >= 0.3 is 0 Å². The molecule has 0 aliphatic heterocycles. The van der Waals surface area contributed by atoms with Crippen molar-refractivity contribution in [2.45, 2.75) is 31.6 Å². The first-order valence-corrected chi connectivity index (χ1v) is 8.25. The average molecular weight is 338 g/mol. The summed E-state index contributed by atoms with van der Waals surface area (Å²) in [5, 5.41) is 0. The maximum absolute atomic E-state index is 14.5. The van der Waals surface area contributed by atoms with E-state index in [0.717, 1.165) is 12.0 Å². The Morgan fingerprint density at radius 1 is 0.960 bits per heavy atom. The second-order valence-electron chi connectivity index (χ2n) is 6.14. The van der Waals surface area contributed by atoms with Crippen LogP contribution in [0.1, 0.15) is 41.9 Å². The zero-order chi connectivity index (χ0) is 17.4. The van der Waals surface area contributed by atoms with Crippen molar-refractivity contribution in [1.29, 1.82) is 0 Å². The summed E-state index contributed by atoms with van der Waals surface area (Å²) in [7, 11) is 0. The van der Waals surface area contributed by atoms with Crippen molar-refractivity contribution in [3.63, 3.8) is 0 Å². The second kappa shape index (κ2) is 6.27. The summed E-state index contributed by atoms with van der Waals surface area (Å²) < 4.78 is 28.2. The minimum atomic E-state index is -0.475. The third-order valence-electron chi connectivity index (χ3n) is 4.63. The van der Waals surface area contributed by atoms with Crippen molar-refractivity contribution in [1.82, 2.24) is 19.9 Å². The first-order chi connectivity index (χ1) is 12.2. The van der Waals surface area contributed by atoms with Crippen LogP contribution in [0.5, 0.6) is 0 Å². The Hall–Kier alpha value is -2.76. The topological polar surface area (TPSA) is 51.6 Å². The molecule has 0 bridgehead atoms. The van der Waals surface area contributed by atoms with E-state index >= 15 is 0 Å². The van der Waals surface area contributed by atoms with Crippen LogP contribution < -0.4 is 0 Å². The molecule has 4 rings (SSSR count). The lowest BCUT2D eigenvalue weighted by atomic mass is 10.0. The van der Waals surface area contributed by atoms with E-state index in [1.807, 2.05) is 0 Å². The molecule has 6 heteroatoms. The van der Waals surface area contributed by atoms with E-state index in [0.29, 0.717) is 23.6 Å². The molecule has 0 N–H and O–H groups in total. The Labute approximate surface area is 144 Å². The van der Waals surface area contributed by atoms with E-state index in [-0.39, 0.29) is 17.4 Å². The third-order valence-corrected chi connectivity index (χ3v) is 4.63. The highest BCUT2D eigenvalue weighted by Crippen LogP contribution is 2.55. The van der Waals surface area contributed by atoms with Gasteiger partial charge in [-0.25, -0.2) is 28.7 Å². The Balaban J connectivity index is 1.56. The van der Waals surface area contributed by atoms with Gasteiger partial charge in [0.1, 0.15) is 11.6 Å². The molecule has 1 saturated carbocycles. The van der Waals surface area contributed by atoms with Crippen LogP contribution in [-0.4, -0.2) is 19.9 Å². The van der Waals surface area contributed by atoms with Crippen LogP contribution in [0.4, 0.5) is 8.78 Å². The lowest BCUT2D eigenvalue weighted by Crippen LogP contribution is -2.00. The Bertz CT molecular complexity index is 897. The van der Waals surface area contributed by atoms with Gasteiger partial charge < -0.3 is 0 Å². The molecule has 2 heterocycles. The van der Waals surface area contributed by atoms with Gasteiger partial charge in [-0.2, -0.15) is 0 Å². The van der Waals surface area contributed by atoms with E-state index in [1.54, 1.807) is 43.8 Å². The predicted molar refractivity (Wildman–Crippen MR) is 88.9 cm³/mol. The minimum absolute atomic E-state index is 0.0494. The van der Waals surface area contributed by atoms with Gasteiger partial charge in [-0.15, -0.1) is 0 Å². The van der Waals surface area contributed by atoms with Crippen LogP contribution in [0.3, 0.4) is 0 Å². The number of hydrogen-bond acceptors (Lipinski definition) is 4. The predicted octanol–water partition coefficient (Wildman–Crippen LogP) is 4.05. The van der Waals surface area contributed by atoms with E-state index in [9.17, 15) is 8.78 Å². The molecule has 0 amide bonds. The van der Waals surface area contributed by atoms with Gasteiger partial charge in [-0.3, -0.25) is 0 Å². The van der Waals surface area contributed by atoms with Gasteiger partial charge in [0.05, 0.1) is 0 Å². The van der Waals surface area contributed by atoms with Crippen LogP contribution in [0.2, 0.25) is 0 Å². The summed E-state index contributed by atoms with van der Waals surface area (Å²) >= 11 is 0. The Morgan fingerprint density at radius 3 is 2.32 bits per heavy atom. The summed E-state index contributed by atoms with van der Waals surface area (Å²) in [6.45, 7) is 1.76.